The lowest BCUT2D eigenvalue weighted by Gasteiger charge is -2.11. The highest BCUT2D eigenvalue weighted by Crippen LogP contribution is 2.33. The number of fused-ring (bicyclic) bond motifs is 3. The van der Waals surface area contributed by atoms with Crippen LogP contribution in [0.15, 0.2) is 47.7 Å². The minimum absolute atomic E-state index is 0.222. The maximum absolute atomic E-state index is 13.2. The molecule has 4 aromatic heterocycles. The van der Waals surface area contributed by atoms with Crippen molar-refractivity contribution in [3.8, 4) is 22.7 Å². The highest BCUT2D eigenvalue weighted by molar-refractivity contribution is 6.31. The van der Waals surface area contributed by atoms with Gasteiger partial charge in [0, 0.05) is 37.8 Å². The molecule has 0 atom stereocenters. The third-order valence-electron chi connectivity index (χ3n) is 5.64. The van der Waals surface area contributed by atoms with E-state index in [2.05, 4.69) is 20.4 Å². The topological polar surface area (TPSA) is 91.8 Å². The van der Waals surface area contributed by atoms with Crippen LogP contribution in [0.25, 0.3) is 38.8 Å². The summed E-state index contributed by atoms with van der Waals surface area (Å²) in [5.41, 5.74) is 5.14. The van der Waals surface area contributed by atoms with Crippen LogP contribution in [0.3, 0.4) is 0 Å². The molecule has 0 bridgehead atoms. The monoisotopic (exact) mass is 463 g/mol. The van der Waals surface area contributed by atoms with E-state index in [4.69, 9.17) is 16.3 Å². The van der Waals surface area contributed by atoms with Gasteiger partial charge in [-0.25, -0.2) is 9.78 Å². The molecule has 0 spiro atoms. The average Bonchev–Trinajstić information content (AvgIpc) is 3.28. The van der Waals surface area contributed by atoms with E-state index >= 15 is 0 Å². The third-order valence-corrected chi connectivity index (χ3v) is 5.90. The summed E-state index contributed by atoms with van der Waals surface area (Å²) in [5, 5.41) is 8.56. The molecule has 0 aliphatic heterocycles. The molecule has 9 nitrogen and oxygen atoms in total. The molecule has 0 fully saturated rings. The maximum atomic E-state index is 13.2. The number of benzene rings is 1. The molecule has 0 aliphatic rings. The van der Waals surface area contributed by atoms with Crippen LogP contribution in [0, 0.1) is 0 Å². The van der Waals surface area contributed by atoms with Crippen LogP contribution in [0.4, 0.5) is 5.69 Å². The normalized spacial score (nSPS) is 11.4. The molecule has 33 heavy (non-hydrogen) atoms. The van der Waals surface area contributed by atoms with Crippen LogP contribution >= 0.6 is 11.6 Å². The Balaban J connectivity index is 1.80. The number of aromatic nitrogens is 6. The summed E-state index contributed by atoms with van der Waals surface area (Å²) in [4.78, 5) is 22.2. The molecule has 0 unspecified atom stereocenters. The average molecular weight is 464 g/mol. The van der Waals surface area contributed by atoms with Crippen molar-refractivity contribution in [2.24, 2.45) is 14.1 Å². The molecule has 0 saturated heterocycles. The highest BCUT2D eigenvalue weighted by atomic mass is 35.5. The molecule has 1 aromatic carbocycles. The van der Waals surface area contributed by atoms with Gasteiger partial charge >= 0.3 is 5.69 Å². The van der Waals surface area contributed by atoms with E-state index < -0.39 is 0 Å². The number of imidazole rings is 1. The van der Waals surface area contributed by atoms with Gasteiger partial charge < -0.3 is 10.1 Å². The fourth-order valence-corrected chi connectivity index (χ4v) is 4.34. The lowest BCUT2D eigenvalue weighted by atomic mass is 10.0. The van der Waals surface area contributed by atoms with Crippen LogP contribution in [-0.2, 0) is 14.1 Å². The number of rotatable bonds is 5. The number of methoxy groups -OCH3 is 1. The van der Waals surface area contributed by atoms with Crippen molar-refractivity contribution >= 4 is 39.2 Å². The van der Waals surface area contributed by atoms with Crippen molar-refractivity contribution in [1.82, 2.24) is 28.9 Å². The lowest BCUT2D eigenvalue weighted by molar-refractivity contribution is 0.400. The Morgan fingerprint density at radius 2 is 1.94 bits per heavy atom. The lowest BCUT2D eigenvalue weighted by Crippen LogP contribution is -2.20. The third kappa shape index (κ3) is 3.32. The van der Waals surface area contributed by atoms with E-state index in [9.17, 15) is 4.79 Å². The minimum Gasteiger partial charge on any atom is -0.480 e. The van der Waals surface area contributed by atoms with Gasteiger partial charge in [0.25, 0.3) is 0 Å². The minimum atomic E-state index is -0.222. The first kappa shape index (κ1) is 21.0. The van der Waals surface area contributed by atoms with E-state index in [0.717, 1.165) is 39.8 Å². The molecular weight excluding hydrogens is 442 g/mol. The van der Waals surface area contributed by atoms with E-state index in [1.54, 1.807) is 53.6 Å². The van der Waals surface area contributed by atoms with Gasteiger partial charge in [-0.05, 0) is 30.7 Å². The van der Waals surface area contributed by atoms with Gasteiger partial charge in [0.15, 0.2) is 5.15 Å². The molecule has 0 saturated carbocycles. The number of anilines is 1. The van der Waals surface area contributed by atoms with Crippen molar-refractivity contribution in [2.75, 3.05) is 19.0 Å². The number of ether oxygens (including phenoxy) is 1. The first-order chi connectivity index (χ1) is 15.9. The van der Waals surface area contributed by atoms with Gasteiger partial charge in [-0.15, -0.1) is 0 Å². The van der Waals surface area contributed by atoms with Gasteiger partial charge in [0.1, 0.15) is 5.69 Å². The molecule has 4 heterocycles. The zero-order chi connectivity index (χ0) is 23.3. The molecular formula is C23H22ClN7O2. The largest absolute Gasteiger partial charge is 0.480 e. The van der Waals surface area contributed by atoms with Crippen molar-refractivity contribution < 1.29 is 4.74 Å². The number of halogens is 1. The zero-order valence-corrected chi connectivity index (χ0v) is 19.4. The van der Waals surface area contributed by atoms with Gasteiger partial charge in [-0.2, -0.15) is 5.10 Å². The summed E-state index contributed by atoms with van der Waals surface area (Å²) >= 11 is 6.37. The fraction of sp³-hybridized carbons (Fsp3) is 0.217. The summed E-state index contributed by atoms with van der Waals surface area (Å²) < 4.78 is 10.1. The Labute approximate surface area is 194 Å². The van der Waals surface area contributed by atoms with Gasteiger partial charge in [0.05, 0.1) is 41.7 Å². The predicted octanol–water partition coefficient (Wildman–Crippen LogP) is 3.77. The fourth-order valence-electron chi connectivity index (χ4n) is 4.09. The molecule has 0 radical (unpaired) electrons. The number of aryl methyl sites for hydroxylation is 2. The summed E-state index contributed by atoms with van der Waals surface area (Å²) in [6, 6.07) is 7.95. The molecule has 168 valence electrons. The Kier molecular flexibility index (Phi) is 5.05. The van der Waals surface area contributed by atoms with Gasteiger partial charge in [0.2, 0.25) is 5.88 Å². The van der Waals surface area contributed by atoms with Crippen molar-refractivity contribution in [1.29, 1.82) is 0 Å². The van der Waals surface area contributed by atoms with E-state index in [1.807, 2.05) is 31.2 Å². The first-order valence-corrected chi connectivity index (χ1v) is 10.8. The van der Waals surface area contributed by atoms with Gasteiger partial charge in [-0.3, -0.25) is 18.8 Å². The second-order valence-electron chi connectivity index (χ2n) is 7.69. The van der Waals surface area contributed by atoms with E-state index in [0.29, 0.717) is 17.1 Å². The standard InChI is InChI=1S/C23H22ClN7O2/c1-5-25-17-9-14(10-27-22(17)33-4)13-6-7-16-15(8-13)20-18(11-26-16)30(3)23(32)31(20)19-12-29(2)28-21(19)24/h6-12,25H,5H2,1-4H3. The molecule has 0 aliphatic carbocycles. The predicted molar refractivity (Wildman–Crippen MR) is 130 cm³/mol. The van der Waals surface area contributed by atoms with Crippen LogP contribution in [0.2, 0.25) is 5.15 Å². The Morgan fingerprint density at radius 1 is 1.12 bits per heavy atom. The number of nitrogens with one attached hydrogen (secondary N) is 1. The molecule has 5 rings (SSSR count). The van der Waals surface area contributed by atoms with E-state index in [-0.39, 0.29) is 10.8 Å². The zero-order valence-electron chi connectivity index (χ0n) is 18.6. The number of nitrogens with zero attached hydrogens (tertiary/aromatic N) is 6. The number of hydrogen-bond donors (Lipinski definition) is 1. The quantitative estimate of drug-likeness (QED) is 0.426. The SMILES string of the molecule is CCNc1cc(-c2ccc3ncc4c(c3c2)n(-c2cn(C)nc2Cl)c(=O)n4C)cnc1OC. The second-order valence-corrected chi connectivity index (χ2v) is 8.05. The molecule has 5 aromatic rings. The smallest absolute Gasteiger partial charge is 0.333 e. The van der Waals surface area contributed by atoms with Crippen LogP contribution in [0.5, 0.6) is 5.88 Å². The summed E-state index contributed by atoms with van der Waals surface area (Å²) in [5.74, 6) is 0.536. The van der Waals surface area contributed by atoms with Crippen LogP contribution in [-0.4, -0.2) is 42.5 Å². The Bertz CT molecular complexity index is 1580. The van der Waals surface area contributed by atoms with Crippen molar-refractivity contribution in [2.45, 2.75) is 6.92 Å². The molecule has 0 amide bonds. The van der Waals surface area contributed by atoms with Gasteiger partial charge in [-0.1, -0.05) is 17.7 Å². The van der Waals surface area contributed by atoms with Crippen molar-refractivity contribution in [3.05, 3.63) is 58.5 Å². The summed E-state index contributed by atoms with van der Waals surface area (Å²) in [6.07, 6.45) is 5.21. The molecule has 1 N–H and O–H groups in total. The summed E-state index contributed by atoms with van der Waals surface area (Å²) in [7, 11) is 5.08. The first-order valence-electron chi connectivity index (χ1n) is 10.4. The van der Waals surface area contributed by atoms with Crippen molar-refractivity contribution in [3.63, 3.8) is 0 Å². The Morgan fingerprint density at radius 3 is 2.64 bits per heavy atom. The van der Waals surface area contributed by atoms with Crippen LogP contribution < -0.4 is 15.7 Å². The van der Waals surface area contributed by atoms with E-state index in [1.165, 1.54) is 0 Å². The maximum Gasteiger partial charge on any atom is 0.333 e. The number of pyridine rings is 2. The highest BCUT2D eigenvalue weighted by Gasteiger charge is 2.20. The summed E-state index contributed by atoms with van der Waals surface area (Å²) in [6.45, 7) is 2.76. The number of hydrogen-bond acceptors (Lipinski definition) is 6. The second kappa shape index (κ2) is 7.93. The van der Waals surface area contributed by atoms with Crippen LogP contribution in [0.1, 0.15) is 6.92 Å². The molecule has 10 heteroatoms. The Hall–Kier alpha value is -3.85.